The van der Waals surface area contributed by atoms with Crippen molar-refractivity contribution >= 4 is 27.7 Å². The molecule has 3 N–H and O–H groups in total. The quantitative estimate of drug-likeness (QED) is 0.428. The maximum Gasteiger partial charge on any atom is 0.177 e. The van der Waals surface area contributed by atoms with Crippen molar-refractivity contribution < 1.29 is 4.42 Å². The summed E-state index contributed by atoms with van der Waals surface area (Å²) in [5.74, 6) is 1.15. The number of furan rings is 1. The lowest BCUT2D eigenvalue weighted by Crippen LogP contribution is -2.12. The first-order valence-electron chi connectivity index (χ1n) is 10.4. The molecule has 1 aliphatic carbocycles. The van der Waals surface area contributed by atoms with Gasteiger partial charge in [0, 0.05) is 39.9 Å². The molecule has 1 fully saturated rings. The number of benzene rings is 1. The van der Waals surface area contributed by atoms with Gasteiger partial charge in [-0.3, -0.25) is 9.78 Å². The molecule has 0 unspecified atom stereocenters. The number of nitrogen functional groups attached to an aromatic ring is 1. The fraction of sp³-hybridized carbons (Fsp3) is 0.261. The molecule has 1 aliphatic rings. The summed E-state index contributed by atoms with van der Waals surface area (Å²) in [6.07, 6.45) is 14.0. The minimum absolute atomic E-state index is 0.393. The van der Waals surface area contributed by atoms with E-state index in [9.17, 15) is 0 Å². The highest BCUT2D eigenvalue weighted by Gasteiger charge is 2.19. The van der Waals surface area contributed by atoms with Gasteiger partial charge in [-0.2, -0.15) is 10.2 Å². The monoisotopic (exact) mass is 398 g/mol. The first-order chi connectivity index (χ1) is 14.8. The van der Waals surface area contributed by atoms with Crippen molar-refractivity contribution in [2.24, 2.45) is 0 Å². The van der Waals surface area contributed by atoms with E-state index in [0.29, 0.717) is 17.4 Å². The van der Waals surface area contributed by atoms with Crippen LogP contribution in [0.1, 0.15) is 38.1 Å². The number of hydrogen-bond donors (Lipinski definition) is 2. The van der Waals surface area contributed by atoms with Crippen LogP contribution in [0.2, 0.25) is 0 Å². The summed E-state index contributed by atoms with van der Waals surface area (Å²) in [4.78, 5) is 4.39. The highest BCUT2D eigenvalue weighted by Crippen LogP contribution is 2.37. The summed E-state index contributed by atoms with van der Waals surface area (Å²) in [6.45, 7) is 0. The predicted octanol–water partition coefficient (Wildman–Crippen LogP) is 5.32. The van der Waals surface area contributed by atoms with E-state index in [4.69, 9.17) is 10.2 Å². The molecule has 7 heteroatoms. The molecule has 30 heavy (non-hydrogen) atoms. The van der Waals surface area contributed by atoms with E-state index in [2.05, 4.69) is 37.2 Å². The number of anilines is 1. The van der Waals surface area contributed by atoms with Crippen molar-refractivity contribution in [3.05, 3.63) is 49.1 Å². The minimum atomic E-state index is 0.393. The Morgan fingerprint density at radius 3 is 2.83 bits per heavy atom. The Balaban J connectivity index is 1.44. The average Bonchev–Trinajstić information content (AvgIpc) is 3.53. The van der Waals surface area contributed by atoms with Crippen LogP contribution in [0, 0.1) is 0 Å². The number of pyridine rings is 1. The van der Waals surface area contributed by atoms with Crippen LogP contribution in [0.15, 0.2) is 53.5 Å². The zero-order chi connectivity index (χ0) is 20.1. The second-order valence-electron chi connectivity index (χ2n) is 8.08. The SMILES string of the molecule is Nc1ncc(-c2cnn(C3CCCCC3)c2)c2cc(-c3ccc4[nH]ncc4c3)oc12. The summed E-state index contributed by atoms with van der Waals surface area (Å²) in [7, 11) is 0. The zero-order valence-corrected chi connectivity index (χ0v) is 16.5. The molecular formula is C23H22N6O. The van der Waals surface area contributed by atoms with Crippen LogP contribution < -0.4 is 5.73 Å². The van der Waals surface area contributed by atoms with E-state index in [1.54, 1.807) is 0 Å². The van der Waals surface area contributed by atoms with E-state index < -0.39 is 0 Å². The highest BCUT2D eigenvalue weighted by atomic mass is 16.3. The van der Waals surface area contributed by atoms with E-state index >= 15 is 0 Å². The molecule has 5 aromatic rings. The number of rotatable bonds is 3. The number of hydrogen-bond acceptors (Lipinski definition) is 5. The Kier molecular flexibility index (Phi) is 3.87. The second kappa shape index (κ2) is 6.73. The zero-order valence-electron chi connectivity index (χ0n) is 16.5. The maximum atomic E-state index is 6.15. The fourth-order valence-electron chi connectivity index (χ4n) is 4.53. The number of nitrogens with one attached hydrogen (secondary N) is 1. The van der Waals surface area contributed by atoms with E-state index in [1.807, 2.05) is 36.8 Å². The van der Waals surface area contributed by atoms with Gasteiger partial charge in [0.05, 0.1) is 24.0 Å². The van der Waals surface area contributed by atoms with Gasteiger partial charge in [0.25, 0.3) is 0 Å². The van der Waals surface area contributed by atoms with Crippen LogP contribution in [0.25, 0.3) is 44.3 Å². The van der Waals surface area contributed by atoms with E-state index in [-0.39, 0.29) is 0 Å². The molecule has 1 saturated carbocycles. The summed E-state index contributed by atoms with van der Waals surface area (Å²) in [5, 5.41) is 13.7. The molecular weight excluding hydrogens is 376 g/mol. The van der Waals surface area contributed by atoms with Gasteiger partial charge in [-0.15, -0.1) is 0 Å². The van der Waals surface area contributed by atoms with Gasteiger partial charge in [0.15, 0.2) is 11.4 Å². The average molecular weight is 398 g/mol. The molecule has 0 amide bonds. The number of aromatic amines is 1. The van der Waals surface area contributed by atoms with Crippen molar-refractivity contribution in [1.29, 1.82) is 0 Å². The molecule has 150 valence electrons. The molecule has 0 bridgehead atoms. The number of aromatic nitrogens is 5. The van der Waals surface area contributed by atoms with Gasteiger partial charge in [-0.25, -0.2) is 4.98 Å². The van der Waals surface area contributed by atoms with Gasteiger partial charge < -0.3 is 10.2 Å². The molecule has 0 spiro atoms. The standard InChI is InChI=1S/C23H22N6O/c24-23-22-18(9-21(30-22)14-6-7-20-15(8-14)10-26-28-20)19(12-25-23)16-11-27-29(13-16)17-4-2-1-3-5-17/h6-13,17H,1-5H2,(H2,24,25)(H,26,28). The Morgan fingerprint density at radius 2 is 1.93 bits per heavy atom. The second-order valence-corrected chi connectivity index (χ2v) is 8.08. The molecule has 0 atom stereocenters. The number of H-pyrrole nitrogens is 1. The van der Waals surface area contributed by atoms with Crippen LogP contribution in [0.4, 0.5) is 5.82 Å². The van der Waals surface area contributed by atoms with Crippen molar-refractivity contribution in [3.8, 4) is 22.5 Å². The molecule has 6 rings (SSSR count). The first-order valence-corrected chi connectivity index (χ1v) is 10.4. The van der Waals surface area contributed by atoms with Crippen LogP contribution in [0.5, 0.6) is 0 Å². The largest absolute Gasteiger partial charge is 0.452 e. The fourth-order valence-corrected chi connectivity index (χ4v) is 4.53. The van der Waals surface area contributed by atoms with Crippen molar-refractivity contribution in [2.45, 2.75) is 38.1 Å². The molecule has 7 nitrogen and oxygen atoms in total. The topological polar surface area (TPSA) is 98.5 Å². The molecule has 0 radical (unpaired) electrons. The molecule has 4 heterocycles. The number of fused-ring (bicyclic) bond motifs is 2. The maximum absolute atomic E-state index is 6.15. The molecule has 0 saturated heterocycles. The summed E-state index contributed by atoms with van der Waals surface area (Å²) >= 11 is 0. The van der Waals surface area contributed by atoms with Gasteiger partial charge >= 0.3 is 0 Å². The molecule has 4 aromatic heterocycles. The van der Waals surface area contributed by atoms with Crippen LogP contribution in [0.3, 0.4) is 0 Å². The predicted molar refractivity (Wildman–Crippen MR) is 117 cm³/mol. The van der Waals surface area contributed by atoms with E-state index in [1.165, 1.54) is 32.1 Å². The van der Waals surface area contributed by atoms with Gasteiger partial charge in [-0.05, 0) is 37.1 Å². The number of nitrogens with two attached hydrogens (primary N) is 1. The van der Waals surface area contributed by atoms with Gasteiger partial charge in [0.1, 0.15) is 5.76 Å². The Morgan fingerprint density at radius 1 is 1.03 bits per heavy atom. The van der Waals surface area contributed by atoms with Crippen LogP contribution >= 0.6 is 0 Å². The number of nitrogens with zero attached hydrogens (tertiary/aromatic N) is 4. The van der Waals surface area contributed by atoms with Crippen molar-refractivity contribution in [2.75, 3.05) is 5.73 Å². The third-order valence-corrected chi connectivity index (χ3v) is 6.17. The van der Waals surface area contributed by atoms with Gasteiger partial charge in [-0.1, -0.05) is 19.3 Å². The minimum Gasteiger partial charge on any atom is -0.452 e. The third kappa shape index (κ3) is 2.77. The Hall–Kier alpha value is -3.61. The first kappa shape index (κ1) is 17.3. The Bertz CT molecular complexity index is 1350. The summed E-state index contributed by atoms with van der Waals surface area (Å²) in [6, 6.07) is 8.61. The van der Waals surface area contributed by atoms with Gasteiger partial charge in [0.2, 0.25) is 0 Å². The van der Waals surface area contributed by atoms with Crippen LogP contribution in [-0.4, -0.2) is 25.0 Å². The Labute approximate surface area is 172 Å². The lowest BCUT2D eigenvalue weighted by molar-refractivity contribution is 0.329. The van der Waals surface area contributed by atoms with Crippen molar-refractivity contribution in [3.63, 3.8) is 0 Å². The van der Waals surface area contributed by atoms with Crippen LogP contribution in [-0.2, 0) is 0 Å². The van der Waals surface area contributed by atoms with Crippen molar-refractivity contribution in [1.82, 2.24) is 25.0 Å². The lowest BCUT2D eigenvalue weighted by Gasteiger charge is -2.21. The normalized spacial score (nSPS) is 15.3. The lowest BCUT2D eigenvalue weighted by atomic mass is 9.96. The summed E-state index contributed by atoms with van der Waals surface area (Å²) in [5.41, 5.74) is 10.8. The smallest absolute Gasteiger partial charge is 0.177 e. The van der Waals surface area contributed by atoms with E-state index in [0.717, 1.165) is 38.7 Å². The molecule has 1 aromatic carbocycles. The summed E-state index contributed by atoms with van der Waals surface area (Å²) < 4.78 is 8.27. The highest BCUT2D eigenvalue weighted by molar-refractivity contribution is 6.00. The molecule has 0 aliphatic heterocycles. The third-order valence-electron chi connectivity index (χ3n) is 6.17.